The van der Waals surface area contributed by atoms with Gasteiger partial charge in [-0.15, -0.1) is 0 Å². The van der Waals surface area contributed by atoms with E-state index in [0.717, 1.165) is 6.42 Å². The predicted octanol–water partition coefficient (Wildman–Crippen LogP) is 2.89. The van der Waals surface area contributed by atoms with Crippen LogP contribution in [0.3, 0.4) is 0 Å². The number of carbonyl (C=O) groups excluding carboxylic acids is 1. The first-order valence-electron chi connectivity index (χ1n) is 6.45. The normalized spacial score (nSPS) is 13.5. The van der Waals surface area contributed by atoms with Crippen LogP contribution in [-0.4, -0.2) is 25.7 Å². The molecule has 0 spiro atoms. The lowest BCUT2D eigenvalue weighted by Gasteiger charge is -2.20. The van der Waals surface area contributed by atoms with Crippen molar-refractivity contribution in [3.8, 4) is 11.5 Å². The van der Waals surface area contributed by atoms with Gasteiger partial charge < -0.3 is 14.8 Å². The van der Waals surface area contributed by atoms with Crippen LogP contribution >= 0.6 is 11.6 Å². The largest absolute Gasteiger partial charge is 0.486 e. The molecule has 0 saturated carbocycles. The van der Waals surface area contributed by atoms with Gasteiger partial charge in [-0.2, -0.15) is 0 Å². The van der Waals surface area contributed by atoms with Gasteiger partial charge >= 0.3 is 0 Å². The van der Waals surface area contributed by atoms with Gasteiger partial charge in [0.15, 0.2) is 11.5 Å². The van der Waals surface area contributed by atoms with Crippen LogP contribution in [0.4, 0.5) is 0 Å². The Hall–Kier alpha value is -1.42. The molecule has 0 saturated heterocycles. The molecule has 2 rings (SSSR count). The molecule has 0 aliphatic carbocycles. The fourth-order valence-electron chi connectivity index (χ4n) is 1.82. The maximum Gasteiger partial charge on any atom is 0.251 e. The molecule has 4 nitrogen and oxygen atoms in total. The van der Waals surface area contributed by atoms with Crippen LogP contribution in [-0.2, 0) is 0 Å². The summed E-state index contributed by atoms with van der Waals surface area (Å²) in [6.45, 7) is 5.84. The van der Waals surface area contributed by atoms with E-state index in [1.54, 1.807) is 12.1 Å². The van der Waals surface area contributed by atoms with Crippen LogP contribution in [0.15, 0.2) is 12.1 Å². The third-order valence-corrected chi connectivity index (χ3v) is 3.15. The molecule has 0 radical (unpaired) electrons. The second-order valence-electron chi connectivity index (χ2n) is 4.92. The Kier molecular flexibility index (Phi) is 4.53. The van der Waals surface area contributed by atoms with E-state index in [-0.39, 0.29) is 5.91 Å². The number of halogens is 1. The Bertz CT molecular complexity index is 474. The first-order valence-corrected chi connectivity index (χ1v) is 6.83. The number of rotatable bonds is 4. The van der Waals surface area contributed by atoms with Crippen molar-refractivity contribution in [2.75, 3.05) is 19.8 Å². The van der Waals surface area contributed by atoms with Gasteiger partial charge in [-0.05, 0) is 24.5 Å². The second-order valence-corrected chi connectivity index (χ2v) is 5.33. The molecule has 19 heavy (non-hydrogen) atoms. The minimum absolute atomic E-state index is 0.139. The van der Waals surface area contributed by atoms with Gasteiger partial charge in [-0.25, -0.2) is 0 Å². The highest BCUT2D eigenvalue weighted by Gasteiger charge is 2.19. The van der Waals surface area contributed by atoms with Crippen molar-refractivity contribution in [1.29, 1.82) is 0 Å². The van der Waals surface area contributed by atoms with E-state index in [1.165, 1.54) is 0 Å². The summed E-state index contributed by atoms with van der Waals surface area (Å²) in [5.74, 6) is 1.48. The lowest BCUT2D eigenvalue weighted by molar-refractivity contribution is 0.0950. The van der Waals surface area contributed by atoms with E-state index in [9.17, 15) is 4.79 Å². The van der Waals surface area contributed by atoms with Crippen molar-refractivity contribution in [2.24, 2.45) is 5.92 Å². The molecular formula is C14H18ClNO3. The Labute approximate surface area is 118 Å². The van der Waals surface area contributed by atoms with Gasteiger partial charge in [0.05, 0.1) is 5.02 Å². The second kappa shape index (κ2) is 6.15. The van der Waals surface area contributed by atoms with Crippen molar-refractivity contribution in [3.05, 3.63) is 22.7 Å². The molecule has 0 bridgehead atoms. The first-order chi connectivity index (χ1) is 9.08. The first kappa shape index (κ1) is 14.0. The fourth-order valence-corrected chi connectivity index (χ4v) is 2.08. The van der Waals surface area contributed by atoms with E-state index in [0.29, 0.717) is 47.8 Å². The molecule has 1 N–H and O–H groups in total. The maximum atomic E-state index is 12.0. The van der Waals surface area contributed by atoms with Crippen LogP contribution in [0.5, 0.6) is 11.5 Å². The van der Waals surface area contributed by atoms with Crippen molar-refractivity contribution < 1.29 is 14.3 Å². The van der Waals surface area contributed by atoms with Crippen LogP contribution in [0.1, 0.15) is 30.6 Å². The van der Waals surface area contributed by atoms with E-state index in [2.05, 4.69) is 19.2 Å². The van der Waals surface area contributed by atoms with Gasteiger partial charge in [0.1, 0.15) is 13.2 Å². The summed E-state index contributed by atoms with van der Waals surface area (Å²) in [5.41, 5.74) is 0.498. The summed E-state index contributed by atoms with van der Waals surface area (Å²) in [6.07, 6.45) is 0.948. The zero-order valence-electron chi connectivity index (χ0n) is 11.2. The molecule has 5 heteroatoms. The van der Waals surface area contributed by atoms with E-state index >= 15 is 0 Å². The minimum Gasteiger partial charge on any atom is -0.486 e. The van der Waals surface area contributed by atoms with Crippen LogP contribution in [0.2, 0.25) is 5.02 Å². The number of hydrogen-bond acceptors (Lipinski definition) is 3. The Morgan fingerprint density at radius 3 is 2.84 bits per heavy atom. The average molecular weight is 284 g/mol. The lowest BCUT2D eigenvalue weighted by Crippen LogP contribution is -2.25. The van der Waals surface area contributed by atoms with Crippen molar-refractivity contribution in [1.82, 2.24) is 5.32 Å². The Morgan fingerprint density at radius 1 is 1.37 bits per heavy atom. The monoisotopic (exact) mass is 283 g/mol. The maximum absolute atomic E-state index is 12.0. The van der Waals surface area contributed by atoms with Gasteiger partial charge in [-0.1, -0.05) is 25.4 Å². The van der Waals surface area contributed by atoms with Gasteiger partial charge in [0, 0.05) is 12.1 Å². The van der Waals surface area contributed by atoms with E-state index in [1.807, 2.05) is 0 Å². The van der Waals surface area contributed by atoms with Gasteiger partial charge in [-0.3, -0.25) is 4.79 Å². The molecule has 0 aromatic heterocycles. The summed E-state index contributed by atoms with van der Waals surface area (Å²) < 4.78 is 10.9. The number of hydrogen-bond donors (Lipinski definition) is 1. The van der Waals surface area contributed by atoms with Crippen molar-refractivity contribution in [2.45, 2.75) is 20.3 Å². The van der Waals surface area contributed by atoms with Crippen LogP contribution < -0.4 is 14.8 Å². The number of amides is 1. The molecule has 1 amide bonds. The molecule has 104 valence electrons. The van der Waals surface area contributed by atoms with Gasteiger partial charge in [0.2, 0.25) is 0 Å². The van der Waals surface area contributed by atoms with E-state index < -0.39 is 0 Å². The van der Waals surface area contributed by atoms with Gasteiger partial charge in [0.25, 0.3) is 5.91 Å². The Balaban J connectivity index is 2.08. The third kappa shape index (κ3) is 3.53. The molecular weight excluding hydrogens is 266 g/mol. The zero-order valence-corrected chi connectivity index (χ0v) is 11.9. The number of benzene rings is 1. The summed E-state index contributed by atoms with van der Waals surface area (Å²) in [6, 6.07) is 3.28. The molecule has 1 heterocycles. The number of ether oxygens (including phenoxy) is 2. The third-order valence-electron chi connectivity index (χ3n) is 2.87. The smallest absolute Gasteiger partial charge is 0.251 e. The Morgan fingerprint density at radius 2 is 2.11 bits per heavy atom. The van der Waals surface area contributed by atoms with Crippen LogP contribution in [0, 0.1) is 5.92 Å². The molecule has 1 aromatic carbocycles. The SMILES string of the molecule is CC(C)CCNC(=O)c1cc(Cl)c2c(c1)OCCO2. The van der Waals surface area contributed by atoms with E-state index in [4.69, 9.17) is 21.1 Å². The van der Waals surface area contributed by atoms with Crippen molar-refractivity contribution >= 4 is 17.5 Å². The molecule has 0 atom stereocenters. The molecule has 0 unspecified atom stereocenters. The molecule has 1 aliphatic heterocycles. The average Bonchev–Trinajstić information content (AvgIpc) is 2.38. The zero-order chi connectivity index (χ0) is 13.8. The highest BCUT2D eigenvalue weighted by Crippen LogP contribution is 2.38. The van der Waals surface area contributed by atoms with Crippen LogP contribution in [0.25, 0.3) is 0 Å². The number of nitrogens with one attached hydrogen (secondary N) is 1. The summed E-state index contributed by atoms with van der Waals surface area (Å²) >= 11 is 6.09. The highest BCUT2D eigenvalue weighted by atomic mass is 35.5. The van der Waals surface area contributed by atoms with Crippen molar-refractivity contribution in [3.63, 3.8) is 0 Å². The summed E-state index contributed by atoms with van der Waals surface area (Å²) in [7, 11) is 0. The number of fused-ring (bicyclic) bond motifs is 1. The lowest BCUT2D eigenvalue weighted by atomic mass is 10.1. The topological polar surface area (TPSA) is 47.6 Å². The molecule has 1 aliphatic rings. The summed E-state index contributed by atoms with van der Waals surface area (Å²) in [5, 5.41) is 3.28. The molecule has 1 aromatic rings. The standard InChI is InChI=1S/C14H18ClNO3/c1-9(2)3-4-16-14(17)10-7-11(15)13-12(8-10)18-5-6-19-13/h7-9H,3-6H2,1-2H3,(H,16,17). The summed E-state index contributed by atoms with van der Waals surface area (Å²) in [4.78, 5) is 12.0. The predicted molar refractivity (Wildman–Crippen MR) is 74.2 cm³/mol. The molecule has 0 fully saturated rings. The minimum atomic E-state index is -0.139. The quantitative estimate of drug-likeness (QED) is 0.924. The number of carbonyl (C=O) groups is 1. The highest BCUT2D eigenvalue weighted by molar-refractivity contribution is 6.32. The fraction of sp³-hybridized carbons (Fsp3) is 0.500.